The van der Waals surface area contributed by atoms with Crippen LogP contribution in [0.25, 0.3) is 10.8 Å². The first-order valence-electron chi connectivity index (χ1n) is 7.46. The molecule has 0 spiro atoms. The predicted octanol–water partition coefficient (Wildman–Crippen LogP) is 3.47. The molecular weight excluding hydrogens is 258 g/mol. The Balaban J connectivity index is 1.94. The van der Waals surface area contributed by atoms with Gasteiger partial charge in [0.1, 0.15) is 0 Å². The first kappa shape index (κ1) is 13.8. The molecule has 108 valence electrons. The van der Waals surface area contributed by atoms with Gasteiger partial charge in [-0.25, -0.2) is 0 Å². The van der Waals surface area contributed by atoms with Gasteiger partial charge in [0.25, 0.3) is 0 Å². The number of fused-ring (bicyclic) bond motifs is 1. The monoisotopic (exact) mass is 279 g/mol. The van der Waals surface area contributed by atoms with E-state index >= 15 is 0 Å². The van der Waals surface area contributed by atoms with Crippen LogP contribution in [0, 0.1) is 0 Å². The third-order valence-electron chi connectivity index (χ3n) is 3.88. The molecular formula is C18H21N3. The largest absolute Gasteiger partial charge is 0.310 e. The van der Waals surface area contributed by atoms with Gasteiger partial charge >= 0.3 is 0 Å². The molecule has 0 bridgehead atoms. The molecule has 1 atom stereocenters. The fourth-order valence-corrected chi connectivity index (χ4v) is 2.86. The maximum Gasteiger partial charge on any atom is 0.0537 e. The minimum Gasteiger partial charge on any atom is -0.310 e. The molecule has 1 heterocycles. The van der Waals surface area contributed by atoms with E-state index in [-0.39, 0.29) is 0 Å². The molecule has 3 heteroatoms. The zero-order valence-corrected chi connectivity index (χ0v) is 12.6. The van der Waals surface area contributed by atoms with Crippen LogP contribution in [0.2, 0.25) is 0 Å². The zero-order chi connectivity index (χ0) is 14.7. The number of benzene rings is 2. The number of hydrogen-bond donors (Lipinski definition) is 1. The van der Waals surface area contributed by atoms with Gasteiger partial charge in [-0.2, -0.15) is 5.10 Å². The lowest BCUT2D eigenvalue weighted by Crippen LogP contribution is -2.22. The van der Waals surface area contributed by atoms with Crippen molar-refractivity contribution in [2.75, 3.05) is 6.54 Å². The van der Waals surface area contributed by atoms with Crippen LogP contribution in [-0.2, 0) is 13.5 Å². The summed E-state index contributed by atoms with van der Waals surface area (Å²) in [4.78, 5) is 0. The maximum absolute atomic E-state index is 4.30. The third-order valence-corrected chi connectivity index (χ3v) is 3.88. The van der Waals surface area contributed by atoms with Crippen molar-refractivity contribution in [2.24, 2.45) is 7.05 Å². The van der Waals surface area contributed by atoms with Gasteiger partial charge in [0, 0.05) is 24.8 Å². The average molecular weight is 279 g/mol. The summed E-state index contributed by atoms with van der Waals surface area (Å²) < 4.78 is 1.86. The van der Waals surface area contributed by atoms with Crippen molar-refractivity contribution in [1.29, 1.82) is 0 Å². The highest BCUT2D eigenvalue weighted by Crippen LogP contribution is 2.24. The summed E-state index contributed by atoms with van der Waals surface area (Å²) in [6.45, 7) is 3.09. The van der Waals surface area contributed by atoms with Crippen molar-refractivity contribution in [2.45, 2.75) is 19.4 Å². The van der Waals surface area contributed by atoms with Crippen LogP contribution < -0.4 is 5.32 Å². The summed E-state index contributed by atoms with van der Waals surface area (Å²) >= 11 is 0. The number of hydrogen-bond acceptors (Lipinski definition) is 2. The summed E-state index contributed by atoms with van der Waals surface area (Å²) in [7, 11) is 1.96. The highest BCUT2D eigenvalue weighted by Gasteiger charge is 2.14. The van der Waals surface area contributed by atoms with Crippen molar-refractivity contribution in [1.82, 2.24) is 15.1 Å². The quantitative estimate of drug-likeness (QED) is 0.775. The van der Waals surface area contributed by atoms with Gasteiger partial charge in [0.2, 0.25) is 0 Å². The summed E-state index contributed by atoms with van der Waals surface area (Å²) in [6.07, 6.45) is 5.03. The Labute approximate surface area is 125 Å². The van der Waals surface area contributed by atoms with Crippen LogP contribution in [-0.4, -0.2) is 16.3 Å². The molecule has 0 saturated heterocycles. The van der Waals surface area contributed by atoms with Gasteiger partial charge in [-0.05, 0) is 29.3 Å². The zero-order valence-electron chi connectivity index (χ0n) is 12.6. The second-order valence-corrected chi connectivity index (χ2v) is 5.40. The first-order valence-corrected chi connectivity index (χ1v) is 7.46. The van der Waals surface area contributed by atoms with E-state index in [1.807, 2.05) is 17.9 Å². The number of aromatic nitrogens is 2. The molecule has 1 unspecified atom stereocenters. The van der Waals surface area contributed by atoms with Crippen LogP contribution in [0.5, 0.6) is 0 Å². The van der Waals surface area contributed by atoms with Crippen molar-refractivity contribution < 1.29 is 0 Å². The van der Waals surface area contributed by atoms with Crippen molar-refractivity contribution >= 4 is 10.8 Å². The number of rotatable bonds is 5. The van der Waals surface area contributed by atoms with Gasteiger partial charge in [-0.1, -0.05) is 49.4 Å². The van der Waals surface area contributed by atoms with Crippen LogP contribution >= 0.6 is 0 Å². The fourth-order valence-electron chi connectivity index (χ4n) is 2.86. The Morgan fingerprint density at radius 2 is 1.95 bits per heavy atom. The second kappa shape index (κ2) is 6.10. The summed E-state index contributed by atoms with van der Waals surface area (Å²) in [6, 6.07) is 15.4. The van der Waals surface area contributed by atoms with E-state index in [0.717, 1.165) is 13.0 Å². The van der Waals surface area contributed by atoms with Crippen LogP contribution in [0.15, 0.2) is 54.9 Å². The molecule has 3 aromatic rings. The molecule has 21 heavy (non-hydrogen) atoms. The average Bonchev–Trinajstić information content (AvgIpc) is 2.94. The molecule has 0 amide bonds. The lowest BCUT2D eigenvalue weighted by atomic mass is 9.96. The molecule has 0 fully saturated rings. The lowest BCUT2D eigenvalue weighted by molar-refractivity contribution is 0.551. The minimum absolute atomic E-state index is 0.300. The summed E-state index contributed by atoms with van der Waals surface area (Å²) in [5.41, 5.74) is 2.62. The summed E-state index contributed by atoms with van der Waals surface area (Å²) in [5.74, 6) is 0. The number of aryl methyl sites for hydroxylation is 1. The molecule has 0 aliphatic carbocycles. The molecule has 0 aliphatic heterocycles. The topological polar surface area (TPSA) is 29.9 Å². The molecule has 0 radical (unpaired) electrons. The van der Waals surface area contributed by atoms with E-state index in [1.165, 1.54) is 21.9 Å². The molecule has 1 aromatic heterocycles. The molecule has 0 aliphatic rings. The Morgan fingerprint density at radius 3 is 2.71 bits per heavy atom. The minimum atomic E-state index is 0.300. The van der Waals surface area contributed by atoms with Crippen LogP contribution in [0.3, 0.4) is 0 Å². The Bertz CT molecular complexity index is 725. The molecule has 0 saturated carbocycles. The lowest BCUT2D eigenvalue weighted by Gasteiger charge is -2.17. The molecule has 2 aromatic carbocycles. The van der Waals surface area contributed by atoms with E-state index in [0.29, 0.717) is 6.04 Å². The standard InChI is InChI=1S/C18H21N3/c1-3-19-18(16-12-20-21(2)13-16)11-15-9-6-8-14-7-4-5-10-17(14)15/h4-10,12-13,18-19H,3,11H2,1-2H3. The van der Waals surface area contributed by atoms with E-state index in [2.05, 4.69) is 66.0 Å². The molecule has 3 rings (SSSR count). The number of nitrogens with one attached hydrogen (secondary N) is 1. The molecule has 1 N–H and O–H groups in total. The van der Waals surface area contributed by atoms with E-state index in [1.54, 1.807) is 0 Å². The van der Waals surface area contributed by atoms with Gasteiger partial charge in [0.05, 0.1) is 6.20 Å². The predicted molar refractivity (Wildman–Crippen MR) is 87.3 cm³/mol. The Kier molecular flexibility index (Phi) is 4.02. The van der Waals surface area contributed by atoms with E-state index in [4.69, 9.17) is 0 Å². The fraction of sp³-hybridized carbons (Fsp3) is 0.278. The number of likely N-dealkylation sites (N-methyl/N-ethyl adjacent to an activating group) is 1. The summed E-state index contributed by atoms with van der Waals surface area (Å²) in [5, 5.41) is 10.5. The van der Waals surface area contributed by atoms with Crippen molar-refractivity contribution in [3.63, 3.8) is 0 Å². The van der Waals surface area contributed by atoms with Gasteiger partial charge in [-0.15, -0.1) is 0 Å². The smallest absolute Gasteiger partial charge is 0.0537 e. The van der Waals surface area contributed by atoms with Crippen LogP contribution in [0.4, 0.5) is 0 Å². The van der Waals surface area contributed by atoms with E-state index < -0.39 is 0 Å². The first-order chi connectivity index (χ1) is 10.3. The van der Waals surface area contributed by atoms with E-state index in [9.17, 15) is 0 Å². The third kappa shape index (κ3) is 2.98. The number of nitrogens with zero attached hydrogens (tertiary/aromatic N) is 2. The van der Waals surface area contributed by atoms with Crippen molar-refractivity contribution in [3.8, 4) is 0 Å². The van der Waals surface area contributed by atoms with Gasteiger partial charge < -0.3 is 5.32 Å². The Morgan fingerprint density at radius 1 is 1.14 bits per heavy atom. The highest BCUT2D eigenvalue weighted by molar-refractivity contribution is 5.85. The second-order valence-electron chi connectivity index (χ2n) is 5.40. The van der Waals surface area contributed by atoms with Crippen molar-refractivity contribution in [3.05, 3.63) is 66.0 Å². The SMILES string of the molecule is CCNC(Cc1cccc2ccccc12)c1cnn(C)c1. The van der Waals surface area contributed by atoms with Gasteiger partial charge in [-0.3, -0.25) is 4.68 Å². The maximum atomic E-state index is 4.30. The van der Waals surface area contributed by atoms with Crippen LogP contribution in [0.1, 0.15) is 24.1 Å². The normalized spacial score (nSPS) is 12.7. The van der Waals surface area contributed by atoms with Gasteiger partial charge in [0.15, 0.2) is 0 Å². The Hall–Kier alpha value is -2.13. The molecule has 3 nitrogen and oxygen atoms in total. The highest BCUT2D eigenvalue weighted by atomic mass is 15.2.